The Hall–Kier alpha value is -3.41. The number of carbonyl (C=O) groups excluding carboxylic acids is 3. The molecule has 2 heterocycles. The molecule has 2 aromatic rings. The number of benzene rings is 2. The highest BCUT2D eigenvalue weighted by atomic mass is 16.2. The summed E-state index contributed by atoms with van der Waals surface area (Å²) < 4.78 is 0. The van der Waals surface area contributed by atoms with Gasteiger partial charge in [-0.25, -0.2) is 4.79 Å². The Bertz CT molecular complexity index is 951. The molecule has 4 amide bonds. The molecule has 0 saturated carbocycles. The van der Waals surface area contributed by atoms with Crippen molar-refractivity contribution in [2.75, 3.05) is 18.4 Å². The maximum absolute atomic E-state index is 12.7. The van der Waals surface area contributed by atoms with E-state index in [4.69, 9.17) is 0 Å². The van der Waals surface area contributed by atoms with Crippen molar-refractivity contribution in [1.82, 2.24) is 10.2 Å². The van der Waals surface area contributed by atoms with Gasteiger partial charge in [-0.3, -0.25) is 14.9 Å². The number of hydrogen-bond donors (Lipinski definition) is 2. The van der Waals surface area contributed by atoms with Crippen molar-refractivity contribution in [3.05, 3.63) is 71.8 Å². The first-order valence-electron chi connectivity index (χ1n) is 9.81. The van der Waals surface area contributed by atoms with Crippen molar-refractivity contribution in [2.45, 2.75) is 19.3 Å². The van der Waals surface area contributed by atoms with Crippen molar-refractivity contribution >= 4 is 29.1 Å². The van der Waals surface area contributed by atoms with Gasteiger partial charge >= 0.3 is 6.03 Å². The summed E-state index contributed by atoms with van der Waals surface area (Å²) >= 11 is 0. The molecule has 1 fully saturated rings. The Labute approximate surface area is 169 Å². The van der Waals surface area contributed by atoms with E-state index in [2.05, 4.69) is 28.8 Å². The monoisotopic (exact) mass is 389 g/mol. The SMILES string of the molecule is O=C1CC(Cc2ccc(NC(=O)N3CCC=C(c4ccccc4)C3)cc2)C(=O)N1. The quantitative estimate of drug-likeness (QED) is 0.788. The van der Waals surface area contributed by atoms with Crippen LogP contribution >= 0.6 is 0 Å². The lowest BCUT2D eigenvalue weighted by molar-refractivity contribution is -0.125. The van der Waals surface area contributed by atoms with Gasteiger partial charge in [0.05, 0.1) is 5.92 Å². The second-order valence-corrected chi connectivity index (χ2v) is 7.45. The third kappa shape index (κ3) is 4.54. The molecule has 2 aliphatic rings. The van der Waals surface area contributed by atoms with Gasteiger partial charge in [0.25, 0.3) is 0 Å². The number of amides is 4. The van der Waals surface area contributed by atoms with Crippen LogP contribution in [0.15, 0.2) is 60.7 Å². The van der Waals surface area contributed by atoms with E-state index in [-0.39, 0.29) is 30.2 Å². The van der Waals surface area contributed by atoms with Crippen LogP contribution in [0.3, 0.4) is 0 Å². The fourth-order valence-electron chi connectivity index (χ4n) is 3.76. The first-order chi connectivity index (χ1) is 14.1. The minimum atomic E-state index is -0.306. The molecule has 6 nitrogen and oxygen atoms in total. The molecule has 0 radical (unpaired) electrons. The van der Waals surface area contributed by atoms with Crippen LogP contribution in [0, 0.1) is 5.92 Å². The molecular formula is C23H23N3O3. The normalized spacial score (nSPS) is 19.0. The van der Waals surface area contributed by atoms with E-state index in [1.807, 2.05) is 47.4 Å². The number of imide groups is 1. The molecule has 1 atom stereocenters. The summed E-state index contributed by atoms with van der Waals surface area (Å²) in [5.41, 5.74) is 3.97. The second kappa shape index (κ2) is 8.31. The summed E-state index contributed by atoms with van der Waals surface area (Å²) in [6.45, 7) is 1.27. The minimum absolute atomic E-state index is 0.125. The highest BCUT2D eigenvalue weighted by Crippen LogP contribution is 2.22. The smallest absolute Gasteiger partial charge is 0.320 e. The second-order valence-electron chi connectivity index (χ2n) is 7.45. The third-order valence-electron chi connectivity index (χ3n) is 5.34. The van der Waals surface area contributed by atoms with E-state index in [0.717, 1.165) is 23.1 Å². The van der Waals surface area contributed by atoms with E-state index >= 15 is 0 Å². The Kier molecular flexibility index (Phi) is 5.42. The van der Waals surface area contributed by atoms with Crippen LogP contribution < -0.4 is 10.6 Å². The van der Waals surface area contributed by atoms with Crippen molar-refractivity contribution < 1.29 is 14.4 Å². The molecule has 0 aliphatic carbocycles. The molecule has 0 aromatic heterocycles. The number of hydrogen-bond acceptors (Lipinski definition) is 3. The predicted octanol–water partition coefficient (Wildman–Crippen LogP) is 3.21. The molecule has 1 saturated heterocycles. The lowest BCUT2D eigenvalue weighted by atomic mass is 9.98. The van der Waals surface area contributed by atoms with Crippen LogP contribution in [0.4, 0.5) is 10.5 Å². The molecule has 29 heavy (non-hydrogen) atoms. The van der Waals surface area contributed by atoms with Gasteiger partial charge < -0.3 is 10.2 Å². The number of carbonyl (C=O) groups is 3. The standard InChI is InChI=1S/C23H23N3O3/c27-21-14-19(22(28)25-21)13-16-8-10-20(11-9-16)24-23(29)26-12-4-7-18(15-26)17-5-2-1-3-6-17/h1-3,5-11,19H,4,12-15H2,(H,24,29)(H,25,27,28). The zero-order valence-electron chi connectivity index (χ0n) is 16.1. The van der Waals surface area contributed by atoms with E-state index < -0.39 is 0 Å². The maximum atomic E-state index is 12.7. The van der Waals surface area contributed by atoms with E-state index in [1.165, 1.54) is 0 Å². The van der Waals surface area contributed by atoms with Gasteiger partial charge in [0.1, 0.15) is 0 Å². The Morgan fingerprint density at radius 1 is 1.07 bits per heavy atom. The summed E-state index contributed by atoms with van der Waals surface area (Å²) in [6, 6.07) is 17.4. The molecule has 4 rings (SSSR count). The third-order valence-corrected chi connectivity index (χ3v) is 5.34. The van der Waals surface area contributed by atoms with Crippen molar-refractivity contribution in [1.29, 1.82) is 0 Å². The molecule has 0 spiro atoms. The van der Waals surface area contributed by atoms with E-state index in [1.54, 1.807) is 0 Å². The number of urea groups is 1. The molecule has 2 aromatic carbocycles. The lowest BCUT2D eigenvalue weighted by Gasteiger charge is -2.28. The molecule has 0 bridgehead atoms. The van der Waals surface area contributed by atoms with Gasteiger partial charge in [0.2, 0.25) is 11.8 Å². The van der Waals surface area contributed by atoms with Gasteiger partial charge in [-0.05, 0) is 41.7 Å². The maximum Gasteiger partial charge on any atom is 0.322 e. The zero-order valence-corrected chi connectivity index (χ0v) is 16.1. The predicted molar refractivity (Wildman–Crippen MR) is 111 cm³/mol. The summed E-state index contributed by atoms with van der Waals surface area (Å²) in [6.07, 6.45) is 3.78. The van der Waals surface area contributed by atoms with Gasteiger partial charge in [-0.15, -0.1) is 0 Å². The molecule has 1 unspecified atom stereocenters. The Balaban J connectivity index is 1.34. The van der Waals surface area contributed by atoms with E-state index in [0.29, 0.717) is 25.2 Å². The van der Waals surface area contributed by atoms with Gasteiger partial charge in [0, 0.05) is 25.2 Å². The van der Waals surface area contributed by atoms with Crippen molar-refractivity contribution in [3.8, 4) is 0 Å². The summed E-state index contributed by atoms with van der Waals surface area (Å²) in [5.74, 6) is -0.728. The number of nitrogens with zero attached hydrogens (tertiary/aromatic N) is 1. The van der Waals surface area contributed by atoms with Crippen molar-refractivity contribution in [3.63, 3.8) is 0 Å². The van der Waals surface area contributed by atoms with Gasteiger partial charge in [-0.2, -0.15) is 0 Å². The van der Waals surface area contributed by atoms with Crippen LogP contribution in [0.5, 0.6) is 0 Å². The summed E-state index contributed by atoms with van der Waals surface area (Å²) in [7, 11) is 0. The van der Waals surface area contributed by atoms with Crippen LogP contribution in [-0.2, 0) is 16.0 Å². The molecule has 6 heteroatoms. The lowest BCUT2D eigenvalue weighted by Crippen LogP contribution is -2.38. The molecule has 148 valence electrons. The van der Waals surface area contributed by atoms with Crippen LogP contribution in [-0.4, -0.2) is 35.8 Å². The minimum Gasteiger partial charge on any atom is -0.320 e. The number of nitrogens with one attached hydrogen (secondary N) is 2. The molecule has 2 N–H and O–H groups in total. The number of anilines is 1. The highest BCUT2D eigenvalue weighted by molar-refractivity contribution is 6.03. The molecule has 2 aliphatic heterocycles. The van der Waals surface area contributed by atoms with Crippen LogP contribution in [0.1, 0.15) is 24.0 Å². The average molecular weight is 389 g/mol. The fraction of sp³-hybridized carbons (Fsp3) is 0.261. The Morgan fingerprint density at radius 3 is 2.52 bits per heavy atom. The summed E-state index contributed by atoms with van der Waals surface area (Å²) in [4.78, 5) is 37.5. The van der Waals surface area contributed by atoms with Crippen LogP contribution in [0.2, 0.25) is 0 Å². The van der Waals surface area contributed by atoms with Crippen LogP contribution in [0.25, 0.3) is 5.57 Å². The zero-order chi connectivity index (χ0) is 20.2. The van der Waals surface area contributed by atoms with Crippen molar-refractivity contribution in [2.24, 2.45) is 5.92 Å². The number of rotatable bonds is 4. The summed E-state index contributed by atoms with van der Waals surface area (Å²) in [5, 5.41) is 5.28. The van der Waals surface area contributed by atoms with Gasteiger partial charge in [0.15, 0.2) is 0 Å². The topological polar surface area (TPSA) is 78.5 Å². The highest BCUT2D eigenvalue weighted by Gasteiger charge is 2.30. The fourth-order valence-corrected chi connectivity index (χ4v) is 3.76. The molecular weight excluding hydrogens is 366 g/mol. The largest absolute Gasteiger partial charge is 0.322 e. The van der Waals surface area contributed by atoms with E-state index in [9.17, 15) is 14.4 Å². The first-order valence-corrected chi connectivity index (χ1v) is 9.81. The average Bonchev–Trinajstić information content (AvgIpc) is 3.07. The first kappa shape index (κ1) is 18.9. The van der Waals surface area contributed by atoms with Gasteiger partial charge in [-0.1, -0.05) is 48.5 Å². The Morgan fingerprint density at radius 2 is 1.83 bits per heavy atom.